The second-order valence-electron chi connectivity index (χ2n) is 6.66. The Morgan fingerprint density at radius 2 is 1.20 bits per heavy atom. The Morgan fingerprint density at radius 3 is 1.64 bits per heavy atom. The van der Waals surface area contributed by atoms with Crippen LogP contribution in [0.1, 0.15) is 26.7 Å². The minimum absolute atomic E-state index is 0.106. The Morgan fingerprint density at radius 1 is 0.800 bits per heavy atom. The van der Waals surface area contributed by atoms with Gasteiger partial charge in [-0.2, -0.15) is 8.61 Å². The third-order valence-electron chi connectivity index (χ3n) is 4.55. The van der Waals surface area contributed by atoms with Crippen molar-refractivity contribution in [2.75, 3.05) is 26.2 Å². The van der Waals surface area contributed by atoms with Crippen molar-refractivity contribution in [1.82, 2.24) is 8.61 Å². The van der Waals surface area contributed by atoms with E-state index in [1.807, 2.05) is 13.8 Å². The average Bonchev–Trinajstić information content (AvgIpc) is 3.09. The second kappa shape index (κ2) is 6.96. The summed E-state index contributed by atoms with van der Waals surface area (Å²) in [6, 6.07) is 5.52. The van der Waals surface area contributed by atoms with Crippen molar-refractivity contribution >= 4 is 20.0 Å². The molecule has 2 aliphatic rings. The Hall–Kier alpha value is -1.00. The summed E-state index contributed by atoms with van der Waals surface area (Å²) in [5.74, 6) is 0. The van der Waals surface area contributed by atoms with E-state index in [1.165, 1.54) is 32.9 Å². The quantitative estimate of drug-likeness (QED) is 0.776. The molecule has 25 heavy (non-hydrogen) atoms. The zero-order valence-corrected chi connectivity index (χ0v) is 16.1. The van der Waals surface area contributed by atoms with Crippen LogP contribution in [0.2, 0.25) is 0 Å². The van der Waals surface area contributed by atoms with Crippen molar-refractivity contribution in [3.05, 3.63) is 24.3 Å². The zero-order valence-electron chi connectivity index (χ0n) is 14.5. The van der Waals surface area contributed by atoms with Crippen LogP contribution in [-0.2, 0) is 24.8 Å². The summed E-state index contributed by atoms with van der Waals surface area (Å²) in [7, 11) is -7.20. The van der Waals surface area contributed by atoms with Gasteiger partial charge in [-0.3, -0.25) is 0 Å². The molecule has 0 unspecified atom stereocenters. The summed E-state index contributed by atoms with van der Waals surface area (Å²) < 4.78 is 59.1. The molecule has 2 saturated heterocycles. The standard InChI is InChI=1S/C16H24N2O5S2/c1-13-11-18(12-14(2)23-13)25(21,22)16-7-5-15(6-8-16)24(19,20)17-9-3-4-10-17/h5-8,13-14H,3-4,9-12H2,1-2H3/t13-,14+. The van der Waals surface area contributed by atoms with Gasteiger partial charge in [0, 0.05) is 26.2 Å². The first-order valence-electron chi connectivity index (χ1n) is 8.47. The van der Waals surface area contributed by atoms with E-state index in [9.17, 15) is 16.8 Å². The fraction of sp³-hybridized carbons (Fsp3) is 0.625. The molecule has 0 amide bonds. The minimum atomic E-state index is -3.66. The molecule has 0 aliphatic carbocycles. The lowest BCUT2D eigenvalue weighted by Gasteiger charge is -2.34. The summed E-state index contributed by atoms with van der Waals surface area (Å²) in [4.78, 5) is 0.242. The van der Waals surface area contributed by atoms with Crippen LogP contribution in [0.5, 0.6) is 0 Å². The van der Waals surface area contributed by atoms with Gasteiger partial charge in [0.25, 0.3) is 0 Å². The maximum absolute atomic E-state index is 12.8. The van der Waals surface area contributed by atoms with Crippen LogP contribution in [0.3, 0.4) is 0 Å². The molecule has 0 radical (unpaired) electrons. The van der Waals surface area contributed by atoms with Gasteiger partial charge in [-0.1, -0.05) is 0 Å². The molecule has 2 fully saturated rings. The largest absolute Gasteiger partial charge is 0.373 e. The van der Waals surface area contributed by atoms with Gasteiger partial charge in [-0.25, -0.2) is 16.8 Å². The molecule has 0 aromatic heterocycles. The number of morpholine rings is 1. The van der Waals surface area contributed by atoms with E-state index in [0.717, 1.165) is 12.8 Å². The highest BCUT2D eigenvalue weighted by Gasteiger charge is 2.33. The van der Waals surface area contributed by atoms with Crippen LogP contribution < -0.4 is 0 Å². The first-order chi connectivity index (χ1) is 11.7. The van der Waals surface area contributed by atoms with Gasteiger partial charge in [0.2, 0.25) is 20.0 Å². The molecule has 0 bridgehead atoms. The van der Waals surface area contributed by atoms with E-state index in [-0.39, 0.29) is 22.0 Å². The highest BCUT2D eigenvalue weighted by molar-refractivity contribution is 7.89. The highest BCUT2D eigenvalue weighted by atomic mass is 32.2. The van der Waals surface area contributed by atoms with Crippen molar-refractivity contribution in [2.24, 2.45) is 0 Å². The number of hydrogen-bond donors (Lipinski definition) is 0. The summed E-state index contributed by atoms with van der Waals surface area (Å²) in [6.07, 6.45) is 1.37. The van der Waals surface area contributed by atoms with E-state index in [4.69, 9.17) is 4.74 Å². The lowest BCUT2D eigenvalue weighted by Crippen LogP contribution is -2.48. The molecule has 2 atom stereocenters. The third kappa shape index (κ3) is 3.75. The Kier molecular flexibility index (Phi) is 5.23. The molecule has 0 N–H and O–H groups in total. The topological polar surface area (TPSA) is 84.0 Å². The van der Waals surface area contributed by atoms with Crippen LogP contribution in [0.25, 0.3) is 0 Å². The van der Waals surface area contributed by atoms with Crippen molar-refractivity contribution in [2.45, 2.75) is 48.7 Å². The van der Waals surface area contributed by atoms with Gasteiger partial charge in [0.05, 0.1) is 22.0 Å². The Bertz CT molecular complexity index is 805. The molecule has 9 heteroatoms. The van der Waals surface area contributed by atoms with Gasteiger partial charge >= 0.3 is 0 Å². The van der Waals surface area contributed by atoms with E-state index in [1.54, 1.807) is 0 Å². The van der Waals surface area contributed by atoms with E-state index in [2.05, 4.69) is 0 Å². The number of sulfonamides is 2. The highest BCUT2D eigenvalue weighted by Crippen LogP contribution is 2.25. The molecule has 0 saturated carbocycles. The van der Waals surface area contributed by atoms with Crippen molar-refractivity contribution in [1.29, 1.82) is 0 Å². The number of benzene rings is 1. The van der Waals surface area contributed by atoms with E-state index in [0.29, 0.717) is 26.2 Å². The third-order valence-corrected chi connectivity index (χ3v) is 8.31. The van der Waals surface area contributed by atoms with E-state index < -0.39 is 20.0 Å². The van der Waals surface area contributed by atoms with Crippen molar-refractivity contribution < 1.29 is 21.6 Å². The minimum Gasteiger partial charge on any atom is -0.373 e. The number of ether oxygens (including phenoxy) is 1. The number of hydrogen-bond acceptors (Lipinski definition) is 5. The van der Waals surface area contributed by atoms with Crippen LogP contribution in [0, 0.1) is 0 Å². The maximum Gasteiger partial charge on any atom is 0.243 e. The number of nitrogens with zero attached hydrogens (tertiary/aromatic N) is 2. The molecular weight excluding hydrogens is 364 g/mol. The number of rotatable bonds is 4. The first-order valence-corrected chi connectivity index (χ1v) is 11.3. The summed E-state index contributed by atoms with van der Waals surface area (Å²) in [5, 5.41) is 0. The predicted octanol–water partition coefficient (Wildman–Crippen LogP) is 1.27. The molecule has 2 heterocycles. The summed E-state index contributed by atoms with van der Waals surface area (Å²) >= 11 is 0. The Labute approximate surface area is 149 Å². The predicted molar refractivity (Wildman–Crippen MR) is 93.2 cm³/mol. The smallest absolute Gasteiger partial charge is 0.243 e. The van der Waals surface area contributed by atoms with Crippen LogP contribution in [0.4, 0.5) is 0 Å². The zero-order chi connectivity index (χ0) is 18.2. The van der Waals surface area contributed by atoms with E-state index >= 15 is 0 Å². The monoisotopic (exact) mass is 388 g/mol. The molecule has 1 aromatic carbocycles. The molecule has 0 spiro atoms. The van der Waals surface area contributed by atoms with Gasteiger partial charge in [0.15, 0.2) is 0 Å². The SMILES string of the molecule is C[C@@H]1CN(S(=O)(=O)c2ccc(S(=O)(=O)N3CCCC3)cc2)C[C@H](C)O1. The van der Waals surface area contributed by atoms with Crippen molar-refractivity contribution in [3.63, 3.8) is 0 Å². The second-order valence-corrected chi connectivity index (χ2v) is 10.5. The van der Waals surface area contributed by atoms with Crippen molar-refractivity contribution in [3.8, 4) is 0 Å². The average molecular weight is 389 g/mol. The first kappa shape index (κ1) is 18.8. The van der Waals surface area contributed by atoms with Gasteiger partial charge in [0.1, 0.15) is 0 Å². The van der Waals surface area contributed by atoms with Crippen LogP contribution in [-0.4, -0.2) is 63.8 Å². The fourth-order valence-corrected chi connectivity index (χ4v) is 6.44. The molecule has 3 rings (SSSR count). The van der Waals surface area contributed by atoms with Gasteiger partial charge < -0.3 is 4.74 Å². The summed E-state index contributed by atoms with van der Waals surface area (Å²) in [6.45, 7) is 5.30. The van der Waals surface area contributed by atoms with Crippen LogP contribution >= 0.6 is 0 Å². The Balaban J connectivity index is 1.84. The van der Waals surface area contributed by atoms with Gasteiger partial charge in [-0.15, -0.1) is 0 Å². The maximum atomic E-state index is 12.8. The molecule has 7 nitrogen and oxygen atoms in total. The van der Waals surface area contributed by atoms with Crippen LogP contribution in [0.15, 0.2) is 34.1 Å². The molecule has 1 aromatic rings. The molecular formula is C16H24N2O5S2. The fourth-order valence-electron chi connectivity index (χ4n) is 3.34. The van der Waals surface area contributed by atoms with Gasteiger partial charge in [-0.05, 0) is 51.0 Å². The molecule has 2 aliphatic heterocycles. The normalized spacial score (nSPS) is 26.8. The lowest BCUT2D eigenvalue weighted by atomic mass is 10.3. The molecule has 140 valence electrons. The summed E-state index contributed by atoms with van der Waals surface area (Å²) in [5.41, 5.74) is 0. The lowest BCUT2D eigenvalue weighted by molar-refractivity contribution is -0.0440.